The predicted molar refractivity (Wildman–Crippen MR) is 102 cm³/mol. The van der Waals surface area contributed by atoms with Crippen LogP contribution >= 0.6 is 11.6 Å². The van der Waals surface area contributed by atoms with Gasteiger partial charge in [-0.2, -0.15) is 10.1 Å². The summed E-state index contributed by atoms with van der Waals surface area (Å²) >= 11 is 6.05. The van der Waals surface area contributed by atoms with Gasteiger partial charge in [-0.25, -0.2) is 0 Å². The monoisotopic (exact) mass is 371 g/mol. The molecule has 26 heavy (non-hydrogen) atoms. The molecule has 0 unspecified atom stereocenters. The summed E-state index contributed by atoms with van der Waals surface area (Å²) in [6.07, 6.45) is 1.53. The van der Waals surface area contributed by atoms with E-state index in [1.807, 2.05) is 37.3 Å². The van der Waals surface area contributed by atoms with Gasteiger partial charge in [-0.3, -0.25) is 0 Å². The molecule has 1 heterocycles. The molecule has 2 N–H and O–H groups in total. The Morgan fingerprint density at radius 3 is 2.58 bits per heavy atom. The van der Waals surface area contributed by atoms with E-state index in [-0.39, 0.29) is 0 Å². The number of anilines is 4. The molecule has 0 spiro atoms. The molecule has 0 amide bonds. The number of hydrogen-bond donors (Lipinski definition) is 2. The first-order valence-corrected chi connectivity index (χ1v) is 8.19. The fraction of sp³-hybridized carbons (Fsp3) is 0.167. The molecule has 0 atom stereocenters. The van der Waals surface area contributed by atoms with Gasteiger partial charge < -0.3 is 20.1 Å². The molecule has 2 aromatic carbocycles. The number of nitrogens with one attached hydrogen (secondary N) is 2. The Labute approximate surface area is 156 Å². The summed E-state index contributed by atoms with van der Waals surface area (Å²) in [5, 5.41) is 14.9. The topological polar surface area (TPSA) is 81.2 Å². The van der Waals surface area contributed by atoms with E-state index < -0.39 is 0 Å². The Bertz CT molecular complexity index is 920. The Balaban J connectivity index is 1.83. The number of nitrogens with zero attached hydrogens (tertiary/aromatic N) is 3. The molecular weight excluding hydrogens is 354 g/mol. The number of methoxy groups -OCH3 is 2. The quantitative estimate of drug-likeness (QED) is 0.667. The zero-order chi connectivity index (χ0) is 18.5. The van der Waals surface area contributed by atoms with E-state index in [1.54, 1.807) is 20.3 Å². The van der Waals surface area contributed by atoms with Gasteiger partial charge in [-0.05, 0) is 36.8 Å². The number of aryl methyl sites for hydroxylation is 1. The second kappa shape index (κ2) is 7.88. The van der Waals surface area contributed by atoms with Gasteiger partial charge in [0.05, 0.1) is 26.1 Å². The minimum atomic E-state index is 0.354. The molecule has 0 saturated heterocycles. The van der Waals surface area contributed by atoms with Crippen LogP contribution in [0, 0.1) is 6.92 Å². The van der Waals surface area contributed by atoms with Crippen LogP contribution in [-0.2, 0) is 0 Å². The van der Waals surface area contributed by atoms with E-state index in [2.05, 4.69) is 25.8 Å². The van der Waals surface area contributed by atoms with E-state index in [1.165, 1.54) is 6.20 Å². The standard InChI is InChI=1S/C18H18ClN5O2/c1-11-4-5-12(19)8-15(11)22-18-23-17(10-20-24-18)21-14-7-6-13(25-2)9-16(14)26-3/h4-10H,1-3H3,(H2,21,22,23,24). The highest BCUT2D eigenvalue weighted by atomic mass is 35.5. The van der Waals surface area contributed by atoms with Crippen LogP contribution in [0.4, 0.5) is 23.1 Å². The number of halogens is 1. The summed E-state index contributed by atoms with van der Waals surface area (Å²) in [7, 11) is 3.19. The highest BCUT2D eigenvalue weighted by molar-refractivity contribution is 6.30. The maximum Gasteiger partial charge on any atom is 0.249 e. The Morgan fingerprint density at radius 1 is 0.962 bits per heavy atom. The predicted octanol–water partition coefficient (Wildman–Crippen LogP) is 4.34. The lowest BCUT2D eigenvalue weighted by atomic mass is 10.2. The average molecular weight is 372 g/mol. The van der Waals surface area contributed by atoms with Gasteiger partial charge in [0.15, 0.2) is 5.82 Å². The summed E-state index contributed by atoms with van der Waals surface area (Å²) in [5.74, 6) is 2.20. The highest BCUT2D eigenvalue weighted by Crippen LogP contribution is 2.31. The van der Waals surface area contributed by atoms with E-state index in [0.717, 1.165) is 16.9 Å². The van der Waals surface area contributed by atoms with E-state index in [4.69, 9.17) is 21.1 Å². The van der Waals surface area contributed by atoms with Crippen LogP contribution < -0.4 is 20.1 Å². The maximum absolute atomic E-state index is 6.05. The van der Waals surface area contributed by atoms with E-state index in [9.17, 15) is 0 Å². The first-order valence-electron chi connectivity index (χ1n) is 7.81. The van der Waals surface area contributed by atoms with Gasteiger partial charge in [0, 0.05) is 16.8 Å². The molecule has 0 fully saturated rings. The minimum Gasteiger partial charge on any atom is -0.497 e. The minimum absolute atomic E-state index is 0.354. The van der Waals surface area contributed by atoms with Crippen molar-refractivity contribution >= 4 is 34.7 Å². The highest BCUT2D eigenvalue weighted by Gasteiger charge is 2.08. The number of hydrogen-bond acceptors (Lipinski definition) is 7. The van der Waals surface area contributed by atoms with Crippen LogP contribution in [0.1, 0.15) is 5.56 Å². The Morgan fingerprint density at radius 2 is 1.81 bits per heavy atom. The number of rotatable bonds is 6. The molecule has 134 valence electrons. The number of benzene rings is 2. The molecule has 0 bridgehead atoms. The smallest absolute Gasteiger partial charge is 0.249 e. The molecule has 0 aliphatic heterocycles. The van der Waals surface area contributed by atoms with Crippen LogP contribution in [0.5, 0.6) is 11.5 Å². The van der Waals surface area contributed by atoms with Crippen molar-refractivity contribution in [3.05, 3.63) is 53.2 Å². The lowest BCUT2D eigenvalue weighted by Crippen LogP contribution is -2.04. The van der Waals surface area contributed by atoms with Crippen molar-refractivity contribution in [1.29, 1.82) is 0 Å². The molecule has 0 aliphatic rings. The molecule has 3 aromatic rings. The zero-order valence-electron chi connectivity index (χ0n) is 14.6. The molecular formula is C18H18ClN5O2. The van der Waals surface area contributed by atoms with Crippen LogP contribution in [0.25, 0.3) is 0 Å². The Kier molecular flexibility index (Phi) is 5.38. The summed E-state index contributed by atoms with van der Waals surface area (Å²) in [6, 6.07) is 11.0. The van der Waals surface area contributed by atoms with Crippen LogP contribution in [0.2, 0.25) is 5.02 Å². The van der Waals surface area contributed by atoms with Crippen molar-refractivity contribution in [2.24, 2.45) is 0 Å². The lowest BCUT2D eigenvalue weighted by molar-refractivity contribution is 0.395. The zero-order valence-corrected chi connectivity index (χ0v) is 15.3. The fourth-order valence-corrected chi connectivity index (χ4v) is 2.48. The second-order valence-corrected chi connectivity index (χ2v) is 5.88. The maximum atomic E-state index is 6.05. The fourth-order valence-electron chi connectivity index (χ4n) is 2.31. The van der Waals surface area contributed by atoms with Gasteiger partial charge in [0.1, 0.15) is 11.5 Å². The van der Waals surface area contributed by atoms with Gasteiger partial charge in [-0.15, -0.1) is 5.10 Å². The third kappa shape index (κ3) is 4.12. The van der Waals surface area contributed by atoms with Gasteiger partial charge in [0.25, 0.3) is 0 Å². The van der Waals surface area contributed by atoms with Crippen molar-refractivity contribution < 1.29 is 9.47 Å². The third-order valence-electron chi connectivity index (χ3n) is 3.68. The SMILES string of the molecule is COc1ccc(Nc2cnnc(Nc3cc(Cl)ccc3C)n2)c(OC)c1. The summed E-state index contributed by atoms with van der Waals surface area (Å²) in [4.78, 5) is 4.43. The van der Waals surface area contributed by atoms with Crippen molar-refractivity contribution in [2.75, 3.05) is 24.9 Å². The van der Waals surface area contributed by atoms with Crippen LogP contribution in [-0.4, -0.2) is 29.4 Å². The van der Waals surface area contributed by atoms with Gasteiger partial charge >= 0.3 is 0 Å². The molecule has 8 heteroatoms. The third-order valence-corrected chi connectivity index (χ3v) is 3.91. The number of ether oxygens (including phenoxy) is 2. The molecule has 7 nitrogen and oxygen atoms in total. The average Bonchev–Trinajstić information content (AvgIpc) is 2.65. The largest absolute Gasteiger partial charge is 0.497 e. The second-order valence-electron chi connectivity index (χ2n) is 5.44. The van der Waals surface area contributed by atoms with Crippen molar-refractivity contribution in [1.82, 2.24) is 15.2 Å². The van der Waals surface area contributed by atoms with Crippen LogP contribution in [0.15, 0.2) is 42.6 Å². The normalized spacial score (nSPS) is 10.3. The molecule has 0 saturated carbocycles. The Hall–Kier alpha value is -3.06. The summed E-state index contributed by atoms with van der Waals surface area (Å²) in [6.45, 7) is 1.97. The van der Waals surface area contributed by atoms with E-state index >= 15 is 0 Å². The molecule has 0 radical (unpaired) electrons. The first-order chi connectivity index (χ1) is 12.6. The van der Waals surface area contributed by atoms with Crippen molar-refractivity contribution in [2.45, 2.75) is 6.92 Å². The van der Waals surface area contributed by atoms with E-state index in [0.29, 0.717) is 28.3 Å². The molecule has 0 aliphatic carbocycles. The first kappa shape index (κ1) is 17.8. The van der Waals surface area contributed by atoms with Gasteiger partial charge in [0.2, 0.25) is 5.95 Å². The number of aromatic nitrogens is 3. The molecule has 3 rings (SSSR count). The van der Waals surface area contributed by atoms with Crippen molar-refractivity contribution in [3.8, 4) is 11.5 Å². The lowest BCUT2D eigenvalue weighted by Gasteiger charge is -2.12. The van der Waals surface area contributed by atoms with Gasteiger partial charge in [-0.1, -0.05) is 17.7 Å². The summed E-state index contributed by atoms with van der Waals surface area (Å²) < 4.78 is 10.6. The van der Waals surface area contributed by atoms with Crippen LogP contribution in [0.3, 0.4) is 0 Å². The van der Waals surface area contributed by atoms with Crippen molar-refractivity contribution in [3.63, 3.8) is 0 Å². The summed E-state index contributed by atoms with van der Waals surface area (Å²) in [5.41, 5.74) is 2.57. The molecule has 1 aromatic heterocycles.